The van der Waals surface area contributed by atoms with Crippen molar-refractivity contribution in [1.82, 2.24) is 10.3 Å². The predicted octanol–water partition coefficient (Wildman–Crippen LogP) is 7.28. The summed E-state index contributed by atoms with van der Waals surface area (Å²) in [6.45, 7) is 0.734. The number of hydrogen-bond acceptors (Lipinski definition) is 11. The fourth-order valence-electron chi connectivity index (χ4n) is 7.00. The Balaban J connectivity index is 0.00000600. The van der Waals surface area contributed by atoms with E-state index in [1.54, 1.807) is 43.5 Å². The summed E-state index contributed by atoms with van der Waals surface area (Å²) in [5, 5.41) is 44.3. The van der Waals surface area contributed by atoms with Crippen molar-refractivity contribution in [3.8, 4) is 11.5 Å². The number of phenols is 1. The second kappa shape index (κ2) is 19.6. The molecule has 16 heteroatoms. The number of hydrogen-bond donors (Lipinski definition) is 6. The number of phenolic OH excluding ortho intramolecular Hbond substituents is 1. The first-order valence-electron chi connectivity index (χ1n) is 18.1. The zero-order valence-electron chi connectivity index (χ0n) is 31.0. The molecule has 1 fully saturated rings. The molecule has 3 heterocycles. The molecule has 5 aromatic rings. The van der Waals surface area contributed by atoms with Crippen LogP contribution in [0.4, 0.5) is 10.4 Å². The Morgan fingerprint density at radius 3 is 2.39 bits per heavy atom. The number of carbonyl (C=O) groups is 2. The molecule has 56 heavy (non-hydrogen) atoms. The van der Waals surface area contributed by atoms with Crippen molar-refractivity contribution in [3.05, 3.63) is 108 Å². The summed E-state index contributed by atoms with van der Waals surface area (Å²) in [6, 6.07) is 16.7. The van der Waals surface area contributed by atoms with E-state index in [0.717, 1.165) is 36.5 Å². The molecule has 300 valence electrons. The maximum atomic E-state index is 13.4. The molecule has 11 nitrogen and oxygen atoms in total. The van der Waals surface area contributed by atoms with Crippen molar-refractivity contribution in [2.75, 3.05) is 25.5 Å². The minimum Gasteiger partial charge on any atom is -0.506 e. The van der Waals surface area contributed by atoms with E-state index in [-0.39, 0.29) is 40.1 Å². The third-order valence-electron chi connectivity index (χ3n) is 10.1. The van der Waals surface area contributed by atoms with Crippen LogP contribution in [0.1, 0.15) is 59.1 Å². The molecule has 1 amide bonds. The molecule has 2 atom stereocenters. The molecule has 2 aromatic carbocycles. The van der Waals surface area contributed by atoms with E-state index in [4.69, 9.17) is 21.1 Å². The van der Waals surface area contributed by atoms with Crippen molar-refractivity contribution >= 4 is 77.4 Å². The number of esters is 1. The van der Waals surface area contributed by atoms with Crippen LogP contribution in [0.25, 0.3) is 10.9 Å². The Morgan fingerprint density at radius 1 is 1.05 bits per heavy atom. The molecule has 1 aliphatic carbocycles. The molecule has 0 bridgehead atoms. The molecular weight excluding hydrogens is 844 g/mol. The van der Waals surface area contributed by atoms with Gasteiger partial charge < -0.3 is 15.2 Å². The summed E-state index contributed by atoms with van der Waals surface area (Å²) in [4.78, 5) is 41.9. The third-order valence-corrected chi connectivity index (χ3v) is 18.0. The fourth-order valence-corrected chi connectivity index (χ4v) is 13.4. The fraction of sp³-hybridized carbons (Fsp3) is 0.375. The molecule has 1 unspecified atom stereocenters. The number of carbonyl (C=O) groups excluding carboxylic acids is 2. The van der Waals surface area contributed by atoms with E-state index in [2.05, 4.69) is 21.3 Å². The molecule has 0 aliphatic heterocycles. The van der Waals surface area contributed by atoms with Crippen molar-refractivity contribution in [1.29, 1.82) is 0 Å². The number of pyridine rings is 1. The number of aromatic hydroxyl groups is 1. The summed E-state index contributed by atoms with van der Waals surface area (Å²) in [5.74, 6) is -0.215. The van der Waals surface area contributed by atoms with Gasteiger partial charge in [0.25, 0.3) is 0 Å². The number of benzene rings is 2. The van der Waals surface area contributed by atoms with Gasteiger partial charge in [0.1, 0.15) is 5.75 Å². The number of aromatic nitrogens is 1. The monoisotopic (exact) mass is 889 g/mol. The Labute approximate surface area is 341 Å². The summed E-state index contributed by atoms with van der Waals surface area (Å²) in [7, 11) is 1.56. The molecule has 1 aliphatic rings. The van der Waals surface area contributed by atoms with Gasteiger partial charge in [0.15, 0.2) is 0 Å². The van der Waals surface area contributed by atoms with Crippen LogP contribution >= 0.6 is 34.3 Å². The smallest absolute Gasteiger partial charge is 0.506 e. The number of amides is 1. The van der Waals surface area contributed by atoms with E-state index in [0.29, 0.717) is 61.3 Å². The topological polar surface area (TPSA) is 170 Å². The van der Waals surface area contributed by atoms with Gasteiger partial charge in [-0.2, -0.15) is 0 Å². The maximum absolute atomic E-state index is 13.4. The Bertz CT molecular complexity index is 2110. The first-order valence-corrected chi connectivity index (χ1v) is 24.5. The minimum absolute atomic E-state index is 0. The van der Waals surface area contributed by atoms with E-state index < -0.39 is 32.3 Å². The normalized spacial score (nSPS) is 16.8. The van der Waals surface area contributed by atoms with E-state index in [9.17, 15) is 29.7 Å². The standard InChI is InChI=1S/C40H45AsClN3O8S2.FH/c1-41(25-7-9-26(10-8-25)53-39(50)40(51,34-5-3-19-54-34)35-6-4-20-55-35)17-15-37(49)44-30-22-33(52-2)24(21-29(30)42)16-18-43-23-32(47)27-11-13-31(46)38-28(27)12-14-36(48)45-38;/h3-6,11-14,19-22,25-26,32,43,46-47,51H,7-10,15-18,23H2,1-2H3,(H,44,49)(H,45,48);1H/t25-,26-,32-,41?;/m0./s1. The van der Waals surface area contributed by atoms with Crippen LogP contribution in [0.2, 0.25) is 20.6 Å². The van der Waals surface area contributed by atoms with Gasteiger partial charge in [-0.3, -0.25) is 9.50 Å². The Morgan fingerprint density at radius 2 is 1.75 bits per heavy atom. The molecule has 6 N–H and O–H groups in total. The first kappa shape index (κ1) is 43.4. The van der Waals surface area contributed by atoms with Gasteiger partial charge in [-0.15, -0.1) is 0 Å². The van der Waals surface area contributed by atoms with Gasteiger partial charge in [-0.1, -0.05) is 6.07 Å². The number of halogens is 2. The first-order chi connectivity index (χ1) is 26.5. The van der Waals surface area contributed by atoms with Gasteiger partial charge in [-0.05, 0) is 17.7 Å². The van der Waals surface area contributed by atoms with Gasteiger partial charge in [0.05, 0.1) is 11.6 Å². The quantitative estimate of drug-likeness (QED) is 0.0339. The van der Waals surface area contributed by atoms with Crippen molar-refractivity contribution in [3.63, 3.8) is 0 Å². The van der Waals surface area contributed by atoms with E-state index >= 15 is 0 Å². The van der Waals surface area contributed by atoms with Gasteiger partial charge in [0, 0.05) is 11.5 Å². The average Bonchev–Trinajstić information content (AvgIpc) is 3.93. The second-order valence-electron chi connectivity index (χ2n) is 13.7. The van der Waals surface area contributed by atoms with Crippen LogP contribution in [0, 0.1) is 0 Å². The number of aliphatic hydroxyl groups excluding tert-OH is 1. The summed E-state index contributed by atoms with van der Waals surface area (Å²) in [6.07, 6.45) is 3.14. The molecule has 0 radical (unpaired) electrons. The number of rotatable bonds is 16. The van der Waals surface area contributed by atoms with Crippen LogP contribution < -0.4 is 20.9 Å². The minimum atomic E-state index is -1.80. The van der Waals surface area contributed by atoms with Crippen LogP contribution in [-0.4, -0.2) is 73.1 Å². The molecular formula is C40H46AsClFN3O8S2. The number of ether oxygens (including phenoxy) is 2. The van der Waals surface area contributed by atoms with Crippen molar-refractivity contribution < 1.29 is 39.1 Å². The van der Waals surface area contributed by atoms with Gasteiger partial charge >= 0.3 is 261 Å². The van der Waals surface area contributed by atoms with Crippen molar-refractivity contribution in [2.45, 2.75) is 72.0 Å². The number of thiophene rings is 2. The van der Waals surface area contributed by atoms with Crippen LogP contribution in [-0.2, 0) is 26.3 Å². The number of aromatic amines is 1. The van der Waals surface area contributed by atoms with Gasteiger partial charge in [-0.25, -0.2) is 0 Å². The number of fused-ring (bicyclic) bond motifs is 1. The average molecular weight is 890 g/mol. The number of nitrogens with one attached hydrogen (secondary N) is 3. The second-order valence-corrected chi connectivity index (χ2v) is 21.6. The van der Waals surface area contributed by atoms with E-state index in [1.165, 1.54) is 34.8 Å². The molecule has 1 saturated carbocycles. The molecule has 0 saturated heterocycles. The molecule has 3 aromatic heterocycles. The summed E-state index contributed by atoms with van der Waals surface area (Å²) >= 11 is 7.94. The molecule has 6 rings (SSSR count). The van der Waals surface area contributed by atoms with Gasteiger partial charge in [0.2, 0.25) is 5.56 Å². The van der Waals surface area contributed by atoms with Crippen LogP contribution in [0.15, 0.2) is 76.2 Å². The predicted molar refractivity (Wildman–Crippen MR) is 222 cm³/mol. The Kier molecular flexibility index (Phi) is 15.2. The zero-order valence-corrected chi connectivity index (χ0v) is 35.2. The summed E-state index contributed by atoms with van der Waals surface area (Å²) < 4.78 is 12.1. The number of H-pyrrole nitrogens is 1. The third kappa shape index (κ3) is 10.0. The van der Waals surface area contributed by atoms with Crippen molar-refractivity contribution in [2.24, 2.45) is 0 Å². The molecule has 0 spiro atoms. The number of aliphatic hydroxyl groups is 2. The number of methoxy groups -OCH3 is 1. The zero-order chi connectivity index (χ0) is 39.1. The van der Waals surface area contributed by atoms with Crippen LogP contribution in [0.3, 0.4) is 0 Å². The SMILES string of the molecule is COc1cc(NC(=O)CC[As](C)[C@H]2CC[C@H](OC(=O)C(O)(c3cccs3)c3cccs3)CC2)c(Cl)cc1CCNC[C@H](O)c1ccc(O)c2[nH]c(=O)ccc12.F. The number of anilines is 1. The van der Waals surface area contributed by atoms with Crippen LogP contribution in [0.5, 0.6) is 11.5 Å². The van der Waals surface area contributed by atoms with E-state index in [1.807, 2.05) is 22.9 Å². The summed E-state index contributed by atoms with van der Waals surface area (Å²) in [5.41, 5.74) is 2.34. The Hall–Kier alpha value is -3.75.